The topological polar surface area (TPSA) is 89.0 Å². The van der Waals surface area contributed by atoms with Gasteiger partial charge >= 0.3 is 0 Å². The van der Waals surface area contributed by atoms with Crippen LogP contribution in [0.3, 0.4) is 0 Å². The molecule has 4 rings (SSSR count). The molecule has 2 aromatic carbocycles. The standard InChI is InChI=1S/C27H26N2O5/c1-17(2)16-34-22-10-6-18(7-11-22)25(30)23-24(19-5-4-14-28-15-19)29(27(32)26(23)31)20-8-12-21(33-3)13-9-20/h4-15,17,24,30H,16H2,1-3H3/b25-23-. The third-order valence-electron chi connectivity index (χ3n) is 5.51. The average molecular weight is 459 g/mol. The van der Waals surface area contributed by atoms with E-state index in [0.29, 0.717) is 40.8 Å². The quantitative estimate of drug-likeness (QED) is 0.312. The third kappa shape index (κ3) is 4.50. The summed E-state index contributed by atoms with van der Waals surface area (Å²) in [5, 5.41) is 11.2. The molecule has 0 aliphatic carbocycles. The molecule has 7 heteroatoms. The van der Waals surface area contributed by atoms with E-state index in [2.05, 4.69) is 18.8 Å². The van der Waals surface area contributed by atoms with E-state index in [1.165, 1.54) is 4.90 Å². The molecule has 1 amide bonds. The van der Waals surface area contributed by atoms with Crippen molar-refractivity contribution in [1.29, 1.82) is 0 Å². The zero-order valence-corrected chi connectivity index (χ0v) is 19.3. The molecule has 1 unspecified atom stereocenters. The second kappa shape index (κ2) is 9.79. The third-order valence-corrected chi connectivity index (χ3v) is 5.51. The second-order valence-electron chi connectivity index (χ2n) is 8.38. The Hall–Kier alpha value is -4.13. The Morgan fingerprint density at radius 3 is 2.29 bits per heavy atom. The molecule has 1 aliphatic heterocycles. The van der Waals surface area contributed by atoms with Gasteiger partial charge in [-0.2, -0.15) is 0 Å². The highest BCUT2D eigenvalue weighted by molar-refractivity contribution is 6.51. The molecule has 0 saturated carbocycles. The monoisotopic (exact) mass is 458 g/mol. The van der Waals surface area contributed by atoms with Crippen molar-refractivity contribution < 1.29 is 24.2 Å². The molecule has 34 heavy (non-hydrogen) atoms. The second-order valence-corrected chi connectivity index (χ2v) is 8.38. The van der Waals surface area contributed by atoms with E-state index in [9.17, 15) is 14.7 Å². The molecule has 1 aromatic heterocycles. The van der Waals surface area contributed by atoms with Crippen LogP contribution >= 0.6 is 0 Å². The van der Waals surface area contributed by atoms with Gasteiger partial charge in [-0.15, -0.1) is 0 Å². The molecule has 174 valence electrons. The van der Waals surface area contributed by atoms with Crippen LogP contribution in [0.5, 0.6) is 11.5 Å². The minimum Gasteiger partial charge on any atom is -0.507 e. The van der Waals surface area contributed by atoms with Crippen molar-refractivity contribution in [3.05, 3.63) is 89.8 Å². The van der Waals surface area contributed by atoms with Crippen LogP contribution in [0.25, 0.3) is 5.76 Å². The van der Waals surface area contributed by atoms with E-state index in [1.54, 1.807) is 80.2 Å². The highest BCUT2D eigenvalue weighted by atomic mass is 16.5. The first-order chi connectivity index (χ1) is 16.4. The molecule has 1 fully saturated rings. The van der Waals surface area contributed by atoms with Gasteiger partial charge in [-0.25, -0.2) is 0 Å². The first-order valence-corrected chi connectivity index (χ1v) is 11.0. The Bertz CT molecular complexity index is 1200. The number of rotatable bonds is 7. The number of anilines is 1. The van der Waals surface area contributed by atoms with Crippen molar-refractivity contribution in [3.8, 4) is 11.5 Å². The summed E-state index contributed by atoms with van der Waals surface area (Å²) in [6.45, 7) is 4.68. The lowest BCUT2D eigenvalue weighted by atomic mass is 9.96. The lowest BCUT2D eigenvalue weighted by molar-refractivity contribution is -0.132. The number of benzene rings is 2. The van der Waals surface area contributed by atoms with E-state index in [1.807, 2.05) is 0 Å². The maximum atomic E-state index is 13.2. The summed E-state index contributed by atoms with van der Waals surface area (Å²) in [5.41, 5.74) is 1.53. The number of nitrogens with zero attached hydrogens (tertiary/aromatic N) is 2. The molecule has 0 bridgehead atoms. The van der Waals surface area contributed by atoms with Gasteiger partial charge < -0.3 is 14.6 Å². The molecule has 2 heterocycles. The van der Waals surface area contributed by atoms with Crippen LogP contribution in [0, 0.1) is 5.92 Å². The number of ether oxygens (including phenoxy) is 2. The van der Waals surface area contributed by atoms with Crippen molar-refractivity contribution in [2.45, 2.75) is 19.9 Å². The lowest BCUT2D eigenvalue weighted by Gasteiger charge is -2.25. The number of aliphatic hydroxyl groups is 1. The van der Waals surface area contributed by atoms with E-state index < -0.39 is 17.7 Å². The predicted molar refractivity (Wildman–Crippen MR) is 129 cm³/mol. The Kier molecular flexibility index (Phi) is 6.63. The minimum atomic E-state index is -0.834. The summed E-state index contributed by atoms with van der Waals surface area (Å²) in [6.07, 6.45) is 3.20. The highest BCUT2D eigenvalue weighted by Gasteiger charge is 2.47. The van der Waals surface area contributed by atoms with Crippen LogP contribution in [0.4, 0.5) is 5.69 Å². The fraction of sp³-hybridized carbons (Fsp3) is 0.222. The molecule has 0 spiro atoms. The van der Waals surface area contributed by atoms with E-state index >= 15 is 0 Å². The molecule has 1 atom stereocenters. The van der Waals surface area contributed by atoms with Gasteiger partial charge in [-0.05, 0) is 66.1 Å². The SMILES string of the molecule is COc1ccc(N2C(=O)C(=O)/C(=C(\O)c3ccc(OCC(C)C)cc3)C2c2cccnc2)cc1. The van der Waals surface area contributed by atoms with Crippen LogP contribution < -0.4 is 14.4 Å². The first kappa shape index (κ1) is 23.0. The van der Waals surface area contributed by atoms with E-state index in [-0.39, 0.29) is 11.3 Å². The fourth-order valence-electron chi connectivity index (χ4n) is 3.82. The maximum Gasteiger partial charge on any atom is 0.300 e. The van der Waals surface area contributed by atoms with Crippen LogP contribution in [0.15, 0.2) is 78.6 Å². The first-order valence-electron chi connectivity index (χ1n) is 11.0. The predicted octanol–water partition coefficient (Wildman–Crippen LogP) is 4.75. The smallest absolute Gasteiger partial charge is 0.300 e. The number of aromatic nitrogens is 1. The van der Waals surface area contributed by atoms with Crippen molar-refractivity contribution in [2.75, 3.05) is 18.6 Å². The summed E-state index contributed by atoms with van der Waals surface area (Å²) >= 11 is 0. The highest BCUT2D eigenvalue weighted by Crippen LogP contribution is 2.42. The van der Waals surface area contributed by atoms with Gasteiger partial charge in [0.2, 0.25) is 0 Å². The molecule has 1 N–H and O–H groups in total. The Morgan fingerprint density at radius 1 is 1.03 bits per heavy atom. The van der Waals surface area contributed by atoms with Crippen molar-refractivity contribution in [2.24, 2.45) is 5.92 Å². The minimum absolute atomic E-state index is 0.00432. The van der Waals surface area contributed by atoms with Crippen LogP contribution in [0.1, 0.15) is 31.0 Å². The van der Waals surface area contributed by atoms with E-state index in [0.717, 1.165) is 0 Å². The lowest BCUT2D eigenvalue weighted by Crippen LogP contribution is -2.29. The molecular weight excluding hydrogens is 432 g/mol. The number of hydrogen-bond donors (Lipinski definition) is 1. The zero-order valence-electron chi connectivity index (χ0n) is 19.3. The fourth-order valence-corrected chi connectivity index (χ4v) is 3.82. The normalized spacial score (nSPS) is 17.3. The van der Waals surface area contributed by atoms with Crippen molar-refractivity contribution in [3.63, 3.8) is 0 Å². The number of ketones is 1. The van der Waals surface area contributed by atoms with Crippen molar-refractivity contribution in [1.82, 2.24) is 4.98 Å². The van der Waals surface area contributed by atoms with Gasteiger partial charge in [0.1, 0.15) is 17.3 Å². The summed E-state index contributed by atoms with van der Waals surface area (Å²) in [4.78, 5) is 31.9. The number of carbonyl (C=O) groups excluding carboxylic acids is 2. The number of methoxy groups -OCH3 is 1. The molecule has 0 radical (unpaired) electrons. The number of aliphatic hydroxyl groups excluding tert-OH is 1. The zero-order chi connectivity index (χ0) is 24.2. The molecule has 7 nitrogen and oxygen atoms in total. The van der Waals surface area contributed by atoms with Gasteiger partial charge in [-0.1, -0.05) is 19.9 Å². The summed E-state index contributed by atoms with van der Waals surface area (Å²) < 4.78 is 10.9. The summed E-state index contributed by atoms with van der Waals surface area (Å²) in [5.74, 6) is -0.0781. The summed E-state index contributed by atoms with van der Waals surface area (Å²) in [7, 11) is 1.55. The Balaban J connectivity index is 1.79. The van der Waals surface area contributed by atoms with Gasteiger partial charge in [-0.3, -0.25) is 19.5 Å². The van der Waals surface area contributed by atoms with Gasteiger partial charge in [0.15, 0.2) is 0 Å². The van der Waals surface area contributed by atoms with Crippen LogP contribution in [0.2, 0.25) is 0 Å². The van der Waals surface area contributed by atoms with E-state index in [4.69, 9.17) is 9.47 Å². The molecule has 1 saturated heterocycles. The van der Waals surface area contributed by atoms with Gasteiger partial charge in [0.05, 0.1) is 25.3 Å². The number of pyridine rings is 1. The largest absolute Gasteiger partial charge is 0.507 e. The maximum absolute atomic E-state index is 13.2. The average Bonchev–Trinajstić information content (AvgIpc) is 3.13. The molecule has 3 aromatic rings. The van der Waals surface area contributed by atoms with Gasteiger partial charge in [0.25, 0.3) is 11.7 Å². The molecular formula is C27H26N2O5. The van der Waals surface area contributed by atoms with Crippen molar-refractivity contribution >= 4 is 23.1 Å². The Morgan fingerprint density at radius 2 is 1.71 bits per heavy atom. The van der Waals surface area contributed by atoms with Gasteiger partial charge in [0, 0.05) is 23.6 Å². The number of amides is 1. The Labute approximate surface area is 198 Å². The van der Waals surface area contributed by atoms with Crippen LogP contribution in [-0.2, 0) is 9.59 Å². The number of Topliss-reactive ketones (excluding diaryl/α,β-unsaturated/α-hetero) is 1. The van der Waals surface area contributed by atoms with Crippen LogP contribution in [-0.4, -0.2) is 35.5 Å². The molecule has 1 aliphatic rings. The number of carbonyl (C=O) groups is 2. The summed E-state index contributed by atoms with van der Waals surface area (Å²) in [6, 6.07) is 16.3. The number of hydrogen-bond acceptors (Lipinski definition) is 6.